The van der Waals surface area contributed by atoms with Crippen molar-refractivity contribution in [2.24, 2.45) is 0 Å². The van der Waals surface area contributed by atoms with Crippen LogP contribution in [0.15, 0.2) is 48.5 Å². The molecule has 0 fully saturated rings. The van der Waals surface area contributed by atoms with Crippen molar-refractivity contribution in [1.82, 2.24) is 0 Å². The molecule has 2 aromatic rings. The first-order chi connectivity index (χ1) is 8.03. The molecular formula is C15H14Cl2. The van der Waals surface area contributed by atoms with Gasteiger partial charge in [0.2, 0.25) is 0 Å². The third kappa shape index (κ3) is 2.34. The van der Waals surface area contributed by atoms with Crippen molar-refractivity contribution in [1.29, 1.82) is 0 Å². The molecule has 0 aliphatic rings. The first-order valence-corrected chi connectivity index (χ1v) is 6.29. The molecule has 88 valence electrons. The summed E-state index contributed by atoms with van der Waals surface area (Å²) in [5, 5.41) is 0. The minimum Gasteiger partial charge on any atom is -0.0909 e. The van der Waals surface area contributed by atoms with Crippen molar-refractivity contribution in [2.45, 2.75) is 18.2 Å². The van der Waals surface area contributed by atoms with Gasteiger partial charge in [-0.25, -0.2) is 0 Å². The molecule has 2 aromatic carbocycles. The smallest absolute Gasteiger partial charge is 0.0909 e. The molecule has 0 heterocycles. The van der Waals surface area contributed by atoms with Crippen LogP contribution in [-0.2, 0) is 4.33 Å². The van der Waals surface area contributed by atoms with Crippen LogP contribution in [0.5, 0.6) is 0 Å². The van der Waals surface area contributed by atoms with Gasteiger partial charge in [-0.15, -0.1) is 0 Å². The minimum absolute atomic E-state index is 0.942. The molecule has 0 spiro atoms. The number of rotatable bonds is 2. The van der Waals surface area contributed by atoms with E-state index in [2.05, 4.69) is 0 Å². The average Bonchev–Trinajstić information content (AvgIpc) is 2.29. The average molecular weight is 265 g/mol. The summed E-state index contributed by atoms with van der Waals surface area (Å²) < 4.78 is -0.989. The van der Waals surface area contributed by atoms with Crippen LogP contribution in [-0.4, -0.2) is 0 Å². The van der Waals surface area contributed by atoms with Crippen molar-refractivity contribution >= 4 is 23.2 Å². The zero-order chi connectivity index (χ0) is 12.5. The highest BCUT2D eigenvalue weighted by Crippen LogP contribution is 2.43. The van der Waals surface area contributed by atoms with Crippen molar-refractivity contribution in [3.63, 3.8) is 0 Å². The summed E-state index contributed by atoms with van der Waals surface area (Å²) in [5.41, 5.74) is 4.08. The lowest BCUT2D eigenvalue weighted by molar-refractivity contribution is 1.000. The van der Waals surface area contributed by atoms with E-state index in [1.165, 1.54) is 0 Å². The molecule has 0 unspecified atom stereocenters. The van der Waals surface area contributed by atoms with Gasteiger partial charge < -0.3 is 0 Å². The van der Waals surface area contributed by atoms with Crippen LogP contribution in [0.2, 0.25) is 0 Å². The van der Waals surface area contributed by atoms with E-state index in [4.69, 9.17) is 23.2 Å². The Morgan fingerprint density at radius 2 is 1.06 bits per heavy atom. The largest absolute Gasteiger partial charge is 0.168 e. The van der Waals surface area contributed by atoms with Gasteiger partial charge in [-0.1, -0.05) is 71.7 Å². The van der Waals surface area contributed by atoms with Crippen LogP contribution in [0.1, 0.15) is 22.3 Å². The molecule has 0 N–H and O–H groups in total. The van der Waals surface area contributed by atoms with Gasteiger partial charge in [-0.2, -0.15) is 0 Å². The number of hydrogen-bond donors (Lipinski definition) is 0. The summed E-state index contributed by atoms with van der Waals surface area (Å²) in [6.45, 7) is 4.04. The van der Waals surface area contributed by atoms with Crippen molar-refractivity contribution in [2.75, 3.05) is 0 Å². The Morgan fingerprint density at radius 3 is 1.41 bits per heavy atom. The lowest BCUT2D eigenvalue weighted by atomic mass is 9.96. The van der Waals surface area contributed by atoms with Crippen molar-refractivity contribution in [3.05, 3.63) is 70.8 Å². The first kappa shape index (κ1) is 12.5. The van der Waals surface area contributed by atoms with E-state index in [1.807, 2.05) is 62.4 Å². The highest BCUT2D eigenvalue weighted by atomic mass is 35.5. The molecule has 0 radical (unpaired) electrons. The predicted molar refractivity (Wildman–Crippen MR) is 74.8 cm³/mol. The summed E-state index contributed by atoms with van der Waals surface area (Å²) >= 11 is 13.1. The summed E-state index contributed by atoms with van der Waals surface area (Å²) in [6, 6.07) is 15.9. The zero-order valence-corrected chi connectivity index (χ0v) is 11.4. The molecule has 2 rings (SSSR count). The monoisotopic (exact) mass is 264 g/mol. The molecule has 0 saturated heterocycles. The van der Waals surface area contributed by atoms with Gasteiger partial charge in [0.25, 0.3) is 0 Å². The lowest BCUT2D eigenvalue weighted by Crippen LogP contribution is -2.15. The summed E-state index contributed by atoms with van der Waals surface area (Å²) in [4.78, 5) is 0. The number of halogens is 2. The minimum atomic E-state index is -0.989. The predicted octanol–water partition coefficient (Wildman–Crippen LogP) is 4.98. The molecule has 0 bridgehead atoms. The highest BCUT2D eigenvalue weighted by molar-refractivity contribution is 6.50. The standard InChI is InChI=1S/C15H14Cl2/c1-11-7-3-5-9-13(11)15(16,17)14-10-6-4-8-12(14)2/h3-10H,1-2H3. The fraction of sp³-hybridized carbons (Fsp3) is 0.200. The summed E-state index contributed by atoms with van der Waals surface area (Å²) in [7, 11) is 0. The molecular weight excluding hydrogens is 251 g/mol. The Bertz CT molecular complexity index is 482. The van der Waals surface area contributed by atoms with Crippen LogP contribution < -0.4 is 0 Å². The van der Waals surface area contributed by atoms with Gasteiger partial charge in [-0.05, 0) is 36.1 Å². The Labute approximate surface area is 112 Å². The van der Waals surface area contributed by atoms with E-state index in [1.54, 1.807) is 0 Å². The number of alkyl halides is 2. The van der Waals surface area contributed by atoms with Gasteiger partial charge in [0, 0.05) is 0 Å². The molecule has 0 aliphatic heterocycles. The second-order valence-electron chi connectivity index (χ2n) is 4.20. The van der Waals surface area contributed by atoms with Gasteiger partial charge in [-0.3, -0.25) is 0 Å². The molecule has 0 aliphatic carbocycles. The quantitative estimate of drug-likeness (QED) is 0.671. The Balaban J connectivity index is 2.58. The molecule has 0 saturated carbocycles. The molecule has 2 heteroatoms. The van der Waals surface area contributed by atoms with E-state index in [0.29, 0.717) is 0 Å². The van der Waals surface area contributed by atoms with E-state index >= 15 is 0 Å². The van der Waals surface area contributed by atoms with E-state index in [-0.39, 0.29) is 0 Å². The van der Waals surface area contributed by atoms with E-state index < -0.39 is 4.33 Å². The summed E-state index contributed by atoms with van der Waals surface area (Å²) in [6.07, 6.45) is 0. The Hall–Kier alpha value is -0.980. The van der Waals surface area contributed by atoms with Crippen LogP contribution in [0.3, 0.4) is 0 Å². The van der Waals surface area contributed by atoms with Crippen LogP contribution >= 0.6 is 23.2 Å². The highest BCUT2D eigenvalue weighted by Gasteiger charge is 2.31. The van der Waals surface area contributed by atoms with E-state index in [0.717, 1.165) is 22.3 Å². The third-order valence-corrected chi connectivity index (χ3v) is 3.78. The van der Waals surface area contributed by atoms with Gasteiger partial charge in [0.15, 0.2) is 4.33 Å². The fourth-order valence-corrected chi connectivity index (χ4v) is 2.84. The SMILES string of the molecule is Cc1ccccc1C(Cl)(Cl)c1ccccc1C. The van der Waals surface area contributed by atoms with Crippen molar-refractivity contribution < 1.29 is 0 Å². The normalized spacial score (nSPS) is 11.5. The molecule has 0 amide bonds. The maximum absolute atomic E-state index is 6.56. The van der Waals surface area contributed by atoms with E-state index in [9.17, 15) is 0 Å². The van der Waals surface area contributed by atoms with Crippen LogP contribution in [0, 0.1) is 13.8 Å². The molecule has 0 nitrogen and oxygen atoms in total. The second-order valence-corrected chi connectivity index (χ2v) is 5.53. The molecule has 0 atom stereocenters. The van der Waals surface area contributed by atoms with Crippen molar-refractivity contribution in [3.8, 4) is 0 Å². The van der Waals surface area contributed by atoms with Gasteiger partial charge >= 0.3 is 0 Å². The maximum atomic E-state index is 6.56. The molecule has 17 heavy (non-hydrogen) atoms. The number of benzene rings is 2. The maximum Gasteiger partial charge on any atom is 0.168 e. The first-order valence-electron chi connectivity index (χ1n) is 5.53. The number of aryl methyl sites for hydroxylation is 2. The van der Waals surface area contributed by atoms with Crippen LogP contribution in [0.4, 0.5) is 0 Å². The Morgan fingerprint density at radius 1 is 0.706 bits per heavy atom. The Kier molecular flexibility index (Phi) is 3.46. The zero-order valence-electron chi connectivity index (χ0n) is 9.87. The lowest BCUT2D eigenvalue weighted by Gasteiger charge is -2.24. The molecule has 0 aromatic heterocycles. The van der Waals surface area contributed by atoms with Gasteiger partial charge in [0.1, 0.15) is 0 Å². The van der Waals surface area contributed by atoms with Gasteiger partial charge in [0.05, 0.1) is 0 Å². The fourth-order valence-electron chi connectivity index (χ4n) is 2.00. The summed E-state index contributed by atoms with van der Waals surface area (Å²) in [5.74, 6) is 0. The second kappa shape index (κ2) is 4.72. The third-order valence-electron chi connectivity index (χ3n) is 2.97. The van der Waals surface area contributed by atoms with Crippen LogP contribution in [0.25, 0.3) is 0 Å². The topological polar surface area (TPSA) is 0 Å². The number of hydrogen-bond acceptors (Lipinski definition) is 0.